The largest absolute Gasteiger partial charge is 0.275 e. The molecule has 1 amide bonds. The lowest BCUT2D eigenvalue weighted by Crippen LogP contribution is -2.45. The second kappa shape index (κ2) is 8.03. The van der Waals surface area contributed by atoms with Crippen LogP contribution in [0.4, 0.5) is 0 Å². The van der Waals surface area contributed by atoms with E-state index >= 15 is 0 Å². The molecular formula is C26H23N4O+. The molecule has 2 aliphatic rings. The summed E-state index contributed by atoms with van der Waals surface area (Å²) in [6.45, 7) is 0.398. The van der Waals surface area contributed by atoms with Gasteiger partial charge in [-0.05, 0) is 23.3 Å². The molecule has 0 spiro atoms. The van der Waals surface area contributed by atoms with Crippen LogP contribution in [-0.4, -0.2) is 33.5 Å². The maximum Gasteiger partial charge on any atom is 0.274 e. The fourth-order valence-corrected chi connectivity index (χ4v) is 4.07. The Hall–Kier alpha value is -3.99. The summed E-state index contributed by atoms with van der Waals surface area (Å²) in [4.78, 5) is 19.9. The lowest BCUT2D eigenvalue weighted by molar-refractivity contribution is -0.495. The minimum absolute atomic E-state index is 0.0501. The van der Waals surface area contributed by atoms with Crippen LogP contribution in [0.3, 0.4) is 0 Å². The van der Waals surface area contributed by atoms with Crippen LogP contribution in [0, 0.1) is 0 Å². The lowest BCUT2D eigenvalue weighted by Gasteiger charge is -2.22. The van der Waals surface area contributed by atoms with Crippen LogP contribution in [0.2, 0.25) is 0 Å². The smallest absolute Gasteiger partial charge is 0.274 e. The highest BCUT2D eigenvalue weighted by Gasteiger charge is 2.42. The van der Waals surface area contributed by atoms with Gasteiger partial charge in [0, 0.05) is 12.0 Å². The molecule has 0 unspecified atom stereocenters. The number of rotatable bonds is 5. The van der Waals surface area contributed by atoms with Gasteiger partial charge in [-0.3, -0.25) is 9.69 Å². The predicted octanol–water partition coefficient (Wildman–Crippen LogP) is 3.31. The summed E-state index contributed by atoms with van der Waals surface area (Å²) in [7, 11) is 0. The molecule has 0 aromatic heterocycles. The topological polar surface area (TPSA) is 61.7 Å². The summed E-state index contributed by atoms with van der Waals surface area (Å²) in [6, 6.07) is 30.1. The van der Waals surface area contributed by atoms with Crippen molar-refractivity contribution in [2.75, 3.05) is 6.54 Å². The summed E-state index contributed by atoms with van der Waals surface area (Å²) < 4.78 is 1.72. The van der Waals surface area contributed by atoms with Crippen LogP contribution >= 0.6 is 0 Å². The van der Waals surface area contributed by atoms with Gasteiger partial charge in [-0.25, -0.2) is 10.8 Å². The molecule has 5 nitrogen and oxygen atoms in total. The van der Waals surface area contributed by atoms with Gasteiger partial charge >= 0.3 is 0 Å². The van der Waals surface area contributed by atoms with Gasteiger partial charge in [0.15, 0.2) is 0 Å². The van der Waals surface area contributed by atoms with Crippen molar-refractivity contribution < 1.29 is 9.48 Å². The van der Waals surface area contributed by atoms with Crippen molar-refractivity contribution in [3.05, 3.63) is 119 Å². The number of aliphatic imine (C=N–C) groups is 1. The van der Waals surface area contributed by atoms with Gasteiger partial charge in [-0.2, -0.15) is 0 Å². The van der Waals surface area contributed by atoms with Crippen LogP contribution in [0.5, 0.6) is 0 Å². The third-order valence-corrected chi connectivity index (χ3v) is 5.67. The molecule has 0 saturated heterocycles. The first-order chi connectivity index (χ1) is 15.2. The van der Waals surface area contributed by atoms with Crippen LogP contribution in [0.1, 0.15) is 16.7 Å². The number of hydrazone groups is 1. The van der Waals surface area contributed by atoms with Crippen molar-refractivity contribution in [2.45, 2.75) is 12.8 Å². The number of amides is 1. The van der Waals surface area contributed by atoms with Crippen molar-refractivity contribution in [3.63, 3.8) is 0 Å². The highest BCUT2D eigenvalue weighted by atomic mass is 16.2. The van der Waals surface area contributed by atoms with Crippen LogP contribution in [0.15, 0.2) is 108 Å². The molecule has 3 aromatic rings. The zero-order valence-corrected chi connectivity index (χ0v) is 17.1. The predicted molar refractivity (Wildman–Crippen MR) is 121 cm³/mol. The standard InChI is InChI=1S/C26H23N4O/c27-30-23(17-20-12-6-2-7-13-20)25-28-22(16-19-10-4-1-5-11-19)26(31)29(25)18-24(30)21-14-8-3-9-15-21/h1-15H,16-18,27H2/q+1. The lowest BCUT2D eigenvalue weighted by atomic mass is 10.0. The van der Waals surface area contributed by atoms with Gasteiger partial charge in [0.1, 0.15) is 12.3 Å². The number of nitrogens with two attached hydrogens (primary N) is 1. The van der Waals surface area contributed by atoms with Gasteiger partial charge in [0.25, 0.3) is 11.6 Å². The third-order valence-electron chi connectivity index (χ3n) is 5.67. The average molecular weight is 407 g/mol. The molecule has 0 saturated carbocycles. The molecule has 3 aromatic carbocycles. The third kappa shape index (κ3) is 3.66. The Morgan fingerprint density at radius 3 is 1.97 bits per heavy atom. The molecular weight excluding hydrogens is 384 g/mol. The molecule has 0 radical (unpaired) electrons. The summed E-state index contributed by atoms with van der Waals surface area (Å²) in [5.41, 5.74) is 5.45. The minimum atomic E-state index is -0.0501. The van der Waals surface area contributed by atoms with Crippen molar-refractivity contribution in [2.24, 2.45) is 10.8 Å². The normalized spacial score (nSPS) is 15.9. The van der Waals surface area contributed by atoms with Gasteiger partial charge in [-0.1, -0.05) is 83.5 Å². The van der Waals surface area contributed by atoms with Crippen LogP contribution in [0.25, 0.3) is 0 Å². The van der Waals surface area contributed by atoms with E-state index in [9.17, 15) is 4.79 Å². The number of fused-ring (bicyclic) bond motifs is 1. The van der Waals surface area contributed by atoms with Gasteiger partial charge in [-0.15, -0.1) is 0 Å². The SMILES string of the molecule is N[N+]1=C(c2ccccc2)CN2C(=O)C(Cc3ccccc3)=NC2=C1Cc1ccccc1. The van der Waals surface area contributed by atoms with Crippen molar-refractivity contribution >= 4 is 17.3 Å². The number of hydrazine groups is 1. The Labute approximate surface area is 181 Å². The van der Waals surface area contributed by atoms with E-state index in [-0.39, 0.29) is 5.91 Å². The maximum absolute atomic E-state index is 13.3. The molecule has 0 aliphatic carbocycles. The molecule has 0 atom stereocenters. The zero-order chi connectivity index (χ0) is 21.2. The fourth-order valence-electron chi connectivity index (χ4n) is 4.07. The molecule has 31 heavy (non-hydrogen) atoms. The number of hydrogen-bond acceptors (Lipinski definition) is 3. The number of nitrogens with zero attached hydrogens (tertiary/aromatic N) is 3. The first-order valence-electron chi connectivity index (χ1n) is 10.4. The van der Waals surface area contributed by atoms with Gasteiger partial charge in [0.2, 0.25) is 11.5 Å². The Morgan fingerprint density at radius 2 is 1.35 bits per heavy atom. The highest BCUT2D eigenvalue weighted by molar-refractivity contribution is 6.42. The van der Waals surface area contributed by atoms with E-state index in [0.717, 1.165) is 28.1 Å². The molecule has 2 N–H and O–H groups in total. The van der Waals surface area contributed by atoms with Gasteiger partial charge in [0.05, 0.1) is 6.42 Å². The van der Waals surface area contributed by atoms with E-state index in [2.05, 4.69) is 12.1 Å². The average Bonchev–Trinajstić information content (AvgIpc) is 3.12. The molecule has 0 bridgehead atoms. The summed E-state index contributed by atoms with van der Waals surface area (Å²) in [5.74, 6) is 7.24. The van der Waals surface area contributed by atoms with E-state index in [4.69, 9.17) is 10.8 Å². The van der Waals surface area contributed by atoms with Crippen molar-refractivity contribution in [3.8, 4) is 0 Å². The van der Waals surface area contributed by atoms with E-state index in [1.807, 2.05) is 78.9 Å². The summed E-state index contributed by atoms with van der Waals surface area (Å²) in [6.07, 6.45) is 1.10. The number of benzene rings is 3. The van der Waals surface area contributed by atoms with E-state index in [0.29, 0.717) is 30.9 Å². The van der Waals surface area contributed by atoms with E-state index < -0.39 is 0 Å². The number of carbonyl (C=O) groups is 1. The monoisotopic (exact) mass is 407 g/mol. The van der Waals surface area contributed by atoms with E-state index in [1.165, 1.54) is 0 Å². The quantitative estimate of drug-likeness (QED) is 0.521. The first kappa shape index (κ1) is 19.0. The van der Waals surface area contributed by atoms with E-state index in [1.54, 1.807) is 9.58 Å². The number of allylic oxidation sites excluding steroid dienone is 1. The van der Waals surface area contributed by atoms with Crippen LogP contribution in [-0.2, 0) is 17.6 Å². The Balaban J connectivity index is 1.60. The highest BCUT2D eigenvalue weighted by Crippen LogP contribution is 2.28. The van der Waals surface area contributed by atoms with Crippen molar-refractivity contribution in [1.29, 1.82) is 0 Å². The molecule has 5 rings (SSSR count). The second-order valence-electron chi connectivity index (χ2n) is 7.73. The number of carbonyl (C=O) groups excluding carboxylic acids is 1. The molecule has 5 heteroatoms. The minimum Gasteiger partial charge on any atom is -0.275 e. The second-order valence-corrected chi connectivity index (χ2v) is 7.73. The number of hydrogen-bond donors (Lipinski definition) is 1. The molecule has 152 valence electrons. The molecule has 2 aliphatic heterocycles. The Bertz CT molecular complexity index is 1210. The summed E-state index contributed by atoms with van der Waals surface area (Å²) in [5, 5.41) is 0. The van der Waals surface area contributed by atoms with Crippen LogP contribution < -0.4 is 5.84 Å². The zero-order valence-electron chi connectivity index (χ0n) is 17.1. The van der Waals surface area contributed by atoms with Gasteiger partial charge < -0.3 is 0 Å². The Kier molecular flexibility index (Phi) is 4.92. The molecule has 0 fully saturated rings. The Morgan fingerprint density at radius 1 is 0.806 bits per heavy atom. The summed E-state index contributed by atoms with van der Waals surface area (Å²) >= 11 is 0. The fraction of sp³-hybridized carbons (Fsp3) is 0.115. The first-order valence-corrected chi connectivity index (χ1v) is 10.4. The molecule has 2 heterocycles. The van der Waals surface area contributed by atoms with Crippen molar-refractivity contribution in [1.82, 2.24) is 4.90 Å². The maximum atomic E-state index is 13.3.